The van der Waals surface area contributed by atoms with Gasteiger partial charge >= 0.3 is 0 Å². The maximum atomic E-state index is 9.74. The van der Waals surface area contributed by atoms with Crippen molar-refractivity contribution in [1.82, 2.24) is 0 Å². The van der Waals surface area contributed by atoms with Crippen LogP contribution in [0.4, 0.5) is 0 Å². The average molecular weight is 324 g/mol. The first-order valence-electron chi connectivity index (χ1n) is 6.81. The second kappa shape index (κ2) is 5.61. The van der Waals surface area contributed by atoms with Crippen molar-refractivity contribution in [2.75, 3.05) is 11.5 Å². The van der Waals surface area contributed by atoms with Crippen LogP contribution in [0.2, 0.25) is 0 Å². The van der Waals surface area contributed by atoms with Gasteiger partial charge in [-0.05, 0) is 17.0 Å². The van der Waals surface area contributed by atoms with Gasteiger partial charge in [0.1, 0.15) is 5.92 Å². The van der Waals surface area contributed by atoms with Crippen molar-refractivity contribution in [3.8, 4) is 18.2 Å². The molecular formula is C16H12N4S2. The van der Waals surface area contributed by atoms with Crippen LogP contribution >= 0.6 is 23.1 Å². The zero-order valence-corrected chi connectivity index (χ0v) is 13.2. The highest BCUT2D eigenvalue weighted by Gasteiger charge is 2.57. The Balaban J connectivity index is 2.25. The number of thiophene rings is 1. The fourth-order valence-electron chi connectivity index (χ4n) is 3.39. The standard InChI is InChI=1S/C16H12N4S2/c17-6-11-10-3-5-21-7-12(10)14(13-2-1-4-22-13)16(8-18,9-19)15(11)20/h1-4,11-12,14,20H,5,7H2. The third-order valence-electron chi connectivity index (χ3n) is 4.41. The van der Waals surface area contributed by atoms with E-state index >= 15 is 0 Å². The van der Waals surface area contributed by atoms with Gasteiger partial charge in [-0.1, -0.05) is 12.1 Å². The summed E-state index contributed by atoms with van der Waals surface area (Å²) in [5, 5.41) is 39.3. The van der Waals surface area contributed by atoms with Gasteiger partial charge in [0, 0.05) is 28.2 Å². The van der Waals surface area contributed by atoms with E-state index in [0.717, 1.165) is 22.0 Å². The van der Waals surface area contributed by atoms with E-state index in [1.807, 2.05) is 23.6 Å². The quantitative estimate of drug-likeness (QED) is 0.801. The summed E-state index contributed by atoms with van der Waals surface area (Å²) in [6.07, 6.45) is 2.01. The first kappa shape index (κ1) is 14.9. The van der Waals surface area contributed by atoms with E-state index in [9.17, 15) is 15.8 Å². The van der Waals surface area contributed by atoms with Gasteiger partial charge in [0.2, 0.25) is 0 Å². The van der Waals surface area contributed by atoms with Crippen molar-refractivity contribution in [2.45, 2.75) is 5.92 Å². The van der Waals surface area contributed by atoms with Crippen LogP contribution in [0.25, 0.3) is 0 Å². The summed E-state index contributed by atoms with van der Waals surface area (Å²) < 4.78 is 0. The molecule has 1 aliphatic heterocycles. The fourth-order valence-corrected chi connectivity index (χ4v) is 5.43. The van der Waals surface area contributed by atoms with E-state index in [-0.39, 0.29) is 17.5 Å². The predicted molar refractivity (Wildman–Crippen MR) is 86.4 cm³/mol. The molecular weight excluding hydrogens is 312 g/mol. The van der Waals surface area contributed by atoms with Gasteiger partial charge in [0.25, 0.3) is 0 Å². The summed E-state index contributed by atoms with van der Waals surface area (Å²) in [6.45, 7) is 0. The Hall–Kier alpha value is -2.07. The Kier molecular flexibility index (Phi) is 3.79. The normalized spacial score (nSPS) is 29.4. The van der Waals surface area contributed by atoms with Gasteiger partial charge in [0.05, 0.1) is 23.9 Å². The van der Waals surface area contributed by atoms with Crippen LogP contribution < -0.4 is 0 Å². The average Bonchev–Trinajstić information content (AvgIpc) is 3.08. The van der Waals surface area contributed by atoms with Crippen molar-refractivity contribution in [1.29, 1.82) is 21.2 Å². The first-order chi connectivity index (χ1) is 10.7. The van der Waals surface area contributed by atoms with Crippen molar-refractivity contribution in [3.63, 3.8) is 0 Å². The van der Waals surface area contributed by atoms with Gasteiger partial charge in [-0.3, -0.25) is 0 Å². The highest BCUT2D eigenvalue weighted by atomic mass is 32.2. The lowest BCUT2D eigenvalue weighted by Crippen LogP contribution is -2.49. The van der Waals surface area contributed by atoms with Crippen LogP contribution in [0.1, 0.15) is 10.8 Å². The number of rotatable bonds is 1. The van der Waals surface area contributed by atoms with Crippen LogP contribution in [-0.4, -0.2) is 17.2 Å². The summed E-state index contributed by atoms with van der Waals surface area (Å²) in [4.78, 5) is 0.947. The molecule has 6 heteroatoms. The Labute approximate surface area is 137 Å². The Bertz CT molecular complexity index is 744. The molecule has 0 bridgehead atoms. The summed E-state index contributed by atoms with van der Waals surface area (Å²) in [5.41, 5.74) is -0.691. The number of hydrogen-bond donors (Lipinski definition) is 1. The number of hydrogen-bond acceptors (Lipinski definition) is 6. The Morgan fingerprint density at radius 2 is 2.05 bits per heavy atom. The van der Waals surface area contributed by atoms with E-state index in [2.05, 4.69) is 18.2 Å². The molecule has 0 amide bonds. The number of allylic oxidation sites excluding steroid dienone is 1. The molecule has 3 unspecified atom stereocenters. The minimum atomic E-state index is -1.55. The van der Waals surface area contributed by atoms with Crippen molar-refractivity contribution < 1.29 is 0 Å². The molecule has 1 fully saturated rings. The second-order valence-corrected chi connectivity index (χ2v) is 7.40. The van der Waals surface area contributed by atoms with Crippen molar-refractivity contribution in [3.05, 3.63) is 34.0 Å². The number of nitrogens with one attached hydrogen (secondary N) is 1. The van der Waals surface area contributed by atoms with E-state index in [1.165, 1.54) is 11.3 Å². The summed E-state index contributed by atoms with van der Waals surface area (Å²) in [6, 6.07) is 10.1. The molecule has 3 rings (SSSR count). The highest BCUT2D eigenvalue weighted by molar-refractivity contribution is 7.99. The van der Waals surface area contributed by atoms with E-state index < -0.39 is 11.3 Å². The lowest BCUT2D eigenvalue weighted by Gasteiger charge is -2.44. The molecule has 2 aliphatic rings. The number of fused-ring (bicyclic) bond motifs is 1. The molecule has 0 spiro atoms. The lowest BCUT2D eigenvalue weighted by atomic mass is 9.56. The third kappa shape index (κ3) is 1.91. The lowest BCUT2D eigenvalue weighted by molar-refractivity contribution is 0.384. The largest absolute Gasteiger partial charge is 0.305 e. The number of nitriles is 3. The molecule has 1 aromatic rings. The fraction of sp³-hybridized carbons (Fsp3) is 0.375. The van der Waals surface area contributed by atoms with Crippen molar-refractivity contribution >= 4 is 28.8 Å². The predicted octanol–water partition coefficient (Wildman–Crippen LogP) is 3.33. The van der Waals surface area contributed by atoms with Crippen LogP contribution in [0.5, 0.6) is 0 Å². The minimum Gasteiger partial charge on any atom is -0.305 e. The maximum Gasteiger partial charge on any atom is 0.190 e. The summed E-state index contributed by atoms with van der Waals surface area (Å²) >= 11 is 3.26. The smallest absolute Gasteiger partial charge is 0.190 e. The van der Waals surface area contributed by atoms with Gasteiger partial charge in [-0.2, -0.15) is 27.5 Å². The summed E-state index contributed by atoms with van der Waals surface area (Å²) in [7, 11) is 0. The molecule has 1 N–H and O–H groups in total. The molecule has 4 nitrogen and oxygen atoms in total. The molecule has 3 atom stereocenters. The van der Waals surface area contributed by atoms with E-state index in [4.69, 9.17) is 5.41 Å². The SMILES string of the molecule is N#CC1C(=N)C(C#N)(C#N)C(c2cccs2)C2CSCC=C12. The van der Waals surface area contributed by atoms with Crippen molar-refractivity contribution in [2.24, 2.45) is 17.3 Å². The molecule has 108 valence electrons. The number of nitrogens with zero attached hydrogens (tertiary/aromatic N) is 3. The van der Waals surface area contributed by atoms with Crippen LogP contribution in [0.3, 0.4) is 0 Å². The zero-order valence-electron chi connectivity index (χ0n) is 11.6. The Morgan fingerprint density at radius 3 is 2.64 bits per heavy atom. The Morgan fingerprint density at radius 1 is 1.27 bits per heavy atom. The monoisotopic (exact) mass is 324 g/mol. The van der Waals surface area contributed by atoms with Crippen LogP contribution in [0.15, 0.2) is 29.2 Å². The zero-order chi connectivity index (χ0) is 15.7. The molecule has 0 aromatic carbocycles. The highest BCUT2D eigenvalue weighted by Crippen LogP contribution is 2.55. The van der Waals surface area contributed by atoms with Gasteiger partial charge in [-0.15, -0.1) is 11.3 Å². The van der Waals surface area contributed by atoms with Crippen LogP contribution in [-0.2, 0) is 0 Å². The van der Waals surface area contributed by atoms with Gasteiger partial charge in [0.15, 0.2) is 5.41 Å². The molecule has 2 heterocycles. The van der Waals surface area contributed by atoms with E-state index in [1.54, 1.807) is 11.8 Å². The molecule has 0 radical (unpaired) electrons. The molecule has 1 aliphatic carbocycles. The molecule has 22 heavy (non-hydrogen) atoms. The minimum absolute atomic E-state index is 0.0320. The second-order valence-electron chi connectivity index (χ2n) is 5.35. The molecule has 0 saturated heterocycles. The van der Waals surface area contributed by atoms with E-state index in [0.29, 0.717) is 0 Å². The topological polar surface area (TPSA) is 95.2 Å². The summed E-state index contributed by atoms with van der Waals surface area (Å²) in [5.74, 6) is 0.460. The third-order valence-corrected chi connectivity index (χ3v) is 6.36. The molecule has 1 aromatic heterocycles. The maximum absolute atomic E-state index is 9.74. The van der Waals surface area contributed by atoms with Gasteiger partial charge < -0.3 is 5.41 Å². The number of thioether (sulfide) groups is 1. The van der Waals surface area contributed by atoms with Crippen LogP contribution in [0, 0.1) is 56.7 Å². The first-order valence-corrected chi connectivity index (χ1v) is 8.85. The van der Waals surface area contributed by atoms with Gasteiger partial charge in [-0.25, -0.2) is 0 Å². The molecule has 1 saturated carbocycles.